The Morgan fingerprint density at radius 2 is 2.05 bits per heavy atom. The van der Waals surface area contributed by atoms with Gasteiger partial charge in [0.05, 0.1) is 13.1 Å². The Kier molecular flexibility index (Phi) is 7.16. The molecule has 1 aromatic rings. The van der Waals surface area contributed by atoms with E-state index in [0.717, 1.165) is 15.6 Å². The van der Waals surface area contributed by atoms with E-state index in [-0.39, 0.29) is 22.2 Å². The molecular formula is C10H16ClF2N3O3S2. The monoisotopic (exact) mass is 363 g/mol. The van der Waals surface area contributed by atoms with E-state index in [9.17, 15) is 22.0 Å². The van der Waals surface area contributed by atoms with E-state index >= 15 is 0 Å². The third kappa shape index (κ3) is 4.85. The molecule has 1 rings (SSSR count). The zero-order valence-corrected chi connectivity index (χ0v) is 13.7. The fourth-order valence-electron chi connectivity index (χ4n) is 1.22. The van der Waals surface area contributed by atoms with Crippen LogP contribution in [0.2, 0.25) is 0 Å². The van der Waals surface area contributed by atoms with Crippen molar-refractivity contribution >= 4 is 39.7 Å². The second kappa shape index (κ2) is 7.45. The molecule has 11 heteroatoms. The van der Waals surface area contributed by atoms with Crippen LogP contribution in [-0.4, -0.2) is 51.7 Å². The number of nitrogens with two attached hydrogens (primary N) is 1. The van der Waals surface area contributed by atoms with Gasteiger partial charge in [0.15, 0.2) is 0 Å². The first-order chi connectivity index (χ1) is 9.12. The van der Waals surface area contributed by atoms with Gasteiger partial charge in [0.2, 0.25) is 10.0 Å². The van der Waals surface area contributed by atoms with E-state index in [1.807, 2.05) is 5.32 Å². The van der Waals surface area contributed by atoms with Gasteiger partial charge in [0.25, 0.3) is 11.8 Å². The van der Waals surface area contributed by atoms with Crippen LogP contribution < -0.4 is 11.1 Å². The molecule has 122 valence electrons. The van der Waals surface area contributed by atoms with Crippen molar-refractivity contribution in [2.75, 3.05) is 27.2 Å². The quantitative estimate of drug-likeness (QED) is 0.779. The Morgan fingerprint density at radius 3 is 2.52 bits per heavy atom. The maximum absolute atomic E-state index is 13.0. The molecule has 0 bridgehead atoms. The number of sulfonamides is 1. The molecule has 0 spiro atoms. The number of hydrogen-bond donors (Lipinski definition) is 2. The van der Waals surface area contributed by atoms with Crippen LogP contribution in [0.4, 0.5) is 8.78 Å². The van der Waals surface area contributed by atoms with Crippen molar-refractivity contribution in [3.8, 4) is 0 Å². The summed E-state index contributed by atoms with van der Waals surface area (Å²) in [6, 6.07) is 1.26. The summed E-state index contributed by atoms with van der Waals surface area (Å²) in [6.45, 7) is -1.84. The highest BCUT2D eigenvalue weighted by atomic mass is 35.5. The minimum atomic E-state index is -3.80. The molecule has 3 N–H and O–H groups in total. The number of carbonyl (C=O) groups is 1. The molecule has 0 aliphatic heterocycles. The van der Waals surface area contributed by atoms with E-state index in [2.05, 4.69) is 0 Å². The van der Waals surface area contributed by atoms with Gasteiger partial charge in [-0.25, -0.2) is 21.5 Å². The SMILES string of the molecule is CN(C)S(=O)(=O)c1ccsc1C(=O)NCC(F)(F)CN.Cl. The summed E-state index contributed by atoms with van der Waals surface area (Å²) in [7, 11) is -1.16. The molecule has 0 fully saturated rings. The predicted octanol–water partition coefficient (Wildman–Crippen LogP) is 0.744. The molecule has 0 radical (unpaired) electrons. The normalized spacial score (nSPS) is 12.1. The van der Waals surface area contributed by atoms with Crippen LogP contribution >= 0.6 is 23.7 Å². The predicted molar refractivity (Wildman–Crippen MR) is 78.8 cm³/mol. The summed E-state index contributed by atoms with van der Waals surface area (Å²) < 4.78 is 50.8. The fourth-order valence-corrected chi connectivity index (χ4v) is 3.44. The van der Waals surface area contributed by atoms with Crippen molar-refractivity contribution in [3.63, 3.8) is 0 Å². The molecule has 1 aromatic heterocycles. The van der Waals surface area contributed by atoms with Crippen LogP contribution in [0.5, 0.6) is 0 Å². The molecule has 6 nitrogen and oxygen atoms in total. The van der Waals surface area contributed by atoms with Crippen molar-refractivity contribution in [2.24, 2.45) is 5.73 Å². The number of halogens is 3. The average molecular weight is 364 g/mol. The lowest BCUT2D eigenvalue weighted by atomic mass is 10.3. The molecule has 0 aliphatic carbocycles. The van der Waals surface area contributed by atoms with Crippen molar-refractivity contribution < 1.29 is 22.0 Å². The lowest BCUT2D eigenvalue weighted by Crippen LogP contribution is -2.41. The largest absolute Gasteiger partial charge is 0.345 e. The first kappa shape index (κ1) is 20.2. The van der Waals surface area contributed by atoms with Crippen LogP contribution in [0.3, 0.4) is 0 Å². The average Bonchev–Trinajstić information content (AvgIpc) is 2.85. The highest BCUT2D eigenvalue weighted by Gasteiger charge is 2.30. The summed E-state index contributed by atoms with van der Waals surface area (Å²) in [5.74, 6) is -4.10. The molecule has 0 atom stereocenters. The van der Waals surface area contributed by atoms with Gasteiger partial charge >= 0.3 is 0 Å². The summed E-state index contributed by atoms with van der Waals surface area (Å²) in [4.78, 5) is 11.5. The van der Waals surface area contributed by atoms with E-state index < -0.39 is 34.9 Å². The van der Waals surface area contributed by atoms with E-state index in [1.165, 1.54) is 25.5 Å². The van der Waals surface area contributed by atoms with Crippen molar-refractivity contribution in [3.05, 3.63) is 16.3 Å². The summed E-state index contributed by atoms with van der Waals surface area (Å²) in [6.07, 6.45) is 0. The molecule has 1 amide bonds. The number of nitrogens with zero attached hydrogens (tertiary/aromatic N) is 1. The highest BCUT2D eigenvalue weighted by Crippen LogP contribution is 2.24. The number of hydrogen-bond acceptors (Lipinski definition) is 5. The molecule has 21 heavy (non-hydrogen) atoms. The Balaban J connectivity index is 0.00000400. The van der Waals surface area contributed by atoms with Gasteiger partial charge in [-0.15, -0.1) is 23.7 Å². The molecule has 0 saturated carbocycles. The van der Waals surface area contributed by atoms with Crippen LogP contribution in [0, 0.1) is 0 Å². The number of rotatable bonds is 6. The van der Waals surface area contributed by atoms with Gasteiger partial charge in [-0.1, -0.05) is 0 Å². The molecule has 0 saturated heterocycles. The number of amides is 1. The van der Waals surface area contributed by atoms with Gasteiger partial charge in [-0.2, -0.15) is 0 Å². The molecule has 0 aromatic carbocycles. The molecule has 0 unspecified atom stereocenters. The smallest absolute Gasteiger partial charge is 0.277 e. The zero-order chi connectivity index (χ0) is 15.6. The third-order valence-electron chi connectivity index (χ3n) is 2.40. The summed E-state index contributed by atoms with van der Waals surface area (Å²) in [5.41, 5.74) is 4.85. The first-order valence-electron chi connectivity index (χ1n) is 5.48. The standard InChI is InChI=1S/C10H15F2N3O3S2.ClH/c1-15(2)20(17,18)7-3-4-19-8(7)9(16)14-6-10(11,12)5-13;/h3-4H,5-6,13H2,1-2H3,(H,14,16);1H. The Bertz CT molecular complexity index is 590. The molecule has 1 heterocycles. The Morgan fingerprint density at radius 1 is 1.48 bits per heavy atom. The Hall–Kier alpha value is -0.810. The zero-order valence-electron chi connectivity index (χ0n) is 11.3. The molecule has 0 aliphatic rings. The van der Waals surface area contributed by atoms with Gasteiger partial charge < -0.3 is 11.1 Å². The number of carbonyl (C=O) groups excluding carboxylic acids is 1. The van der Waals surface area contributed by atoms with E-state index in [0.29, 0.717) is 0 Å². The van der Waals surface area contributed by atoms with Crippen molar-refractivity contribution in [2.45, 2.75) is 10.8 Å². The van der Waals surface area contributed by atoms with Crippen LogP contribution in [0.1, 0.15) is 9.67 Å². The van der Waals surface area contributed by atoms with Crippen molar-refractivity contribution in [1.29, 1.82) is 0 Å². The molecular weight excluding hydrogens is 348 g/mol. The third-order valence-corrected chi connectivity index (χ3v) is 5.30. The number of nitrogens with one attached hydrogen (secondary N) is 1. The van der Waals surface area contributed by atoms with Gasteiger partial charge in [-0.05, 0) is 11.4 Å². The second-order valence-corrected chi connectivity index (χ2v) is 7.18. The Labute approximate surface area is 131 Å². The van der Waals surface area contributed by atoms with E-state index in [1.54, 1.807) is 0 Å². The minimum absolute atomic E-state index is 0. The maximum atomic E-state index is 13.0. The maximum Gasteiger partial charge on any atom is 0.277 e. The van der Waals surface area contributed by atoms with E-state index in [4.69, 9.17) is 5.73 Å². The fraction of sp³-hybridized carbons (Fsp3) is 0.500. The van der Waals surface area contributed by atoms with Crippen LogP contribution in [-0.2, 0) is 10.0 Å². The van der Waals surface area contributed by atoms with Crippen LogP contribution in [0.25, 0.3) is 0 Å². The first-order valence-corrected chi connectivity index (χ1v) is 7.80. The second-order valence-electron chi connectivity index (χ2n) is 4.14. The van der Waals surface area contributed by atoms with Gasteiger partial charge in [0, 0.05) is 14.1 Å². The van der Waals surface area contributed by atoms with Gasteiger partial charge in [0.1, 0.15) is 9.77 Å². The lowest BCUT2D eigenvalue weighted by molar-refractivity contribution is 0.0119. The highest BCUT2D eigenvalue weighted by molar-refractivity contribution is 7.89. The van der Waals surface area contributed by atoms with Gasteiger partial charge in [-0.3, -0.25) is 4.79 Å². The number of thiophene rings is 1. The number of alkyl halides is 2. The minimum Gasteiger partial charge on any atom is -0.345 e. The van der Waals surface area contributed by atoms with Crippen molar-refractivity contribution in [1.82, 2.24) is 9.62 Å². The lowest BCUT2D eigenvalue weighted by Gasteiger charge is -2.15. The summed E-state index contributed by atoms with van der Waals surface area (Å²) in [5, 5.41) is 3.40. The summed E-state index contributed by atoms with van der Waals surface area (Å²) >= 11 is 0.866. The topological polar surface area (TPSA) is 92.5 Å². The van der Waals surface area contributed by atoms with Crippen LogP contribution in [0.15, 0.2) is 16.3 Å².